The molecule has 6 heteroatoms. The molecule has 5 rings (SSSR count). The van der Waals surface area contributed by atoms with E-state index in [-0.39, 0.29) is 35.7 Å². The lowest BCUT2D eigenvalue weighted by molar-refractivity contribution is -0.224. The van der Waals surface area contributed by atoms with E-state index in [1.807, 2.05) is 0 Å². The highest BCUT2D eigenvalue weighted by Crippen LogP contribution is 2.69. The lowest BCUT2D eigenvalue weighted by Crippen LogP contribution is -2.66. The van der Waals surface area contributed by atoms with Crippen molar-refractivity contribution in [3.05, 3.63) is 11.6 Å². The number of carbonyl (C=O) groups is 2. The van der Waals surface area contributed by atoms with Crippen molar-refractivity contribution >= 4 is 12.3 Å². The first-order chi connectivity index (χ1) is 14.8. The molecule has 5 aliphatic rings. The molecule has 1 saturated heterocycles. The number of rotatable bonds is 3. The molecule has 4 aliphatic carbocycles. The van der Waals surface area contributed by atoms with Crippen molar-refractivity contribution in [2.24, 2.45) is 34.5 Å². The maximum absolute atomic E-state index is 12.6. The Balaban J connectivity index is 1.49. The third kappa shape index (κ3) is 2.87. The summed E-state index contributed by atoms with van der Waals surface area (Å²) >= 11 is 0. The summed E-state index contributed by atoms with van der Waals surface area (Å²) in [5.41, 5.74) is -0.922. The molecule has 1 aliphatic heterocycles. The number of cyclic esters (lactones) is 1. The Morgan fingerprint density at radius 3 is 2.65 bits per heavy atom. The first-order valence-corrected chi connectivity index (χ1v) is 12.1. The summed E-state index contributed by atoms with van der Waals surface area (Å²) in [6.45, 7) is 2.56. The van der Waals surface area contributed by atoms with Gasteiger partial charge in [-0.05, 0) is 69.1 Å². The van der Waals surface area contributed by atoms with Crippen LogP contribution in [0, 0.1) is 34.5 Å². The number of hydrogen-bond acceptors (Lipinski definition) is 6. The van der Waals surface area contributed by atoms with E-state index < -0.39 is 22.5 Å². The van der Waals surface area contributed by atoms with Gasteiger partial charge in [-0.15, -0.1) is 0 Å². The van der Waals surface area contributed by atoms with Crippen molar-refractivity contribution in [3.8, 4) is 0 Å². The van der Waals surface area contributed by atoms with E-state index >= 15 is 0 Å². The number of esters is 1. The molecule has 3 saturated carbocycles. The molecule has 0 spiro atoms. The topological polar surface area (TPSA) is 93.1 Å². The normalized spacial score (nSPS) is 51.7. The molecular formula is C25H36O6. The van der Waals surface area contributed by atoms with Gasteiger partial charge in [0.2, 0.25) is 0 Å². The van der Waals surface area contributed by atoms with Crippen molar-refractivity contribution in [1.82, 2.24) is 0 Å². The summed E-state index contributed by atoms with van der Waals surface area (Å²) < 4.78 is 10.9. The molecule has 0 aromatic rings. The van der Waals surface area contributed by atoms with Crippen LogP contribution in [0.3, 0.4) is 0 Å². The molecule has 0 amide bonds. The summed E-state index contributed by atoms with van der Waals surface area (Å²) in [6.07, 6.45) is 8.88. The first-order valence-electron chi connectivity index (χ1n) is 12.1. The molecule has 31 heavy (non-hydrogen) atoms. The van der Waals surface area contributed by atoms with Gasteiger partial charge in [0, 0.05) is 24.9 Å². The Hall–Kier alpha value is -1.24. The van der Waals surface area contributed by atoms with Gasteiger partial charge in [0.1, 0.15) is 6.29 Å². The zero-order valence-electron chi connectivity index (χ0n) is 18.7. The van der Waals surface area contributed by atoms with Crippen LogP contribution >= 0.6 is 0 Å². The third-order valence-corrected chi connectivity index (χ3v) is 10.1. The lowest BCUT2D eigenvalue weighted by Gasteiger charge is -2.63. The summed E-state index contributed by atoms with van der Waals surface area (Å²) in [7, 11) is 1.70. The molecule has 1 heterocycles. The lowest BCUT2D eigenvalue weighted by atomic mass is 9.43. The Labute approximate surface area is 184 Å². The number of carbonyl (C=O) groups excluding carboxylic acids is 2. The van der Waals surface area contributed by atoms with Gasteiger partial charge in [-0.2, -0.15) is 0 Å². The van der Waals surface area contributed by atoms with Gasteiger partial charge in [0.25, 0.3) is 0 Å². The number of hydrogen-bond donors (Lipinski definition) is 2. The Morgan fingerprint density at radius 1 is 1.16 bits per heavy atom. The average molecular weight is 433 g/mol. The number of aliphatic hydroxyl groups excluding tert-OH is 1. The minimum absolute atomic E-state index is 0.0265. The van der Waals surface area contributed by atoms with Gasteiger partial charge in [0.05, 0.1) is 29.8 Å². The molecule has 0 radical (unpaired) electrons. The van der Waals surface area contributed by atoms with E-state index in [4.69, 9.17) is 9.47 Å². The van der Waals surface area contributed by atoms with Gasteiger partial charge in [-0.1, -0.05) is 18.6 Å². The number of allylic oxidation sites excluding steroid dienone is 1. The standard InChI is InChI=1S/C25H36O6/c1-23-12-20(27)22-19(5-4-16-11-17(30-2)7-9-24(16,22)14-26)25(23,29)10-8-18(23)15-3-6-21(28)31-13-15/h11,14-15,17-20,22,27,29H,3-10,12-13H2,1-2H3/t15-,17-,18+,19+,20+,22+,23+,24+,25-/m0/s1. The molecule has 0 bridgehead atoms. The molecule has 2 N–H and O–H groups in total. The summed E-state index contributed by atoms with van der Waals surface area (Å²) in [6, 6.07) is 0. The Morgan fingerprint density at radius 2 is 1.97 bits per heavy atom. The van der Waals surface area contributed by atoms with Crippen LogP contribution in [0.25, 0.3) is 0 Å². The van der Waals surface area contributed by atoms with Crippen molar-refractivity contribution < 1.29 is 29.3 Å². The predicted octanol–water partition coefficient (Wildman–Crippen LogP) is 2.80. The largest absolute Gasteiger partial charge is 0.465 e. The van der Waals surface area contributed by atoms with E-state index in [1.165, 1.54) is 0 Å². The fourth-order valence-electron chi connectivity index (χ4n) is 8.63. The van der Waals surface area contributed by atoms with E-state index in [2.05, 4.69) is 13.0 Å². The smallest absolute Gasteiger partial charge is 0.305 e. The SMILES string of the molecule is CO[C@@H]1C=C2CC[C@@H]3[C@H]([C@H](O)C[C@]4(C)[C@@H]([C@H]5CCC(=O)OC5)CC[C@]34O)[C@@]2(C=O)CC1. The van der Waals surface area contributed by atoms with Crippen LogP contribution in [0.2, 0.25) is 0 Å². The quantitative estimate of drug-likeness (QED) is 0.405. The van der Waals surface area contributed by atoms with Crippen molar-refractivity contribution in [3.63, 3.8) is 0 Å². The molecule has 0 aromatic heterocycles. The summed E-state index contributed by atoms with van der Waals surface area (Å²) in [5, 5.41) is 23.8. The fraction of sp³-hybridized carbons (Fsp3) is 0.840. The van der Waals surface area contributed by atoms with E-state index in [9.17, 15) is 19.8 Å². The van der Waals surface area contributed by atoms with Crippen LogP contribution < -0.4 is 0 Å². The van der Waals surface area contributed by atoms with E-state index in [0.29, 0.717) is 32.3 Å². The van der Waals surface area contributed by atoms with Crippen LogP contribution in [0.4, 0.5) is 0 Å². The molecule has 172 valence electrons. The molecule has 0 aromatic carbocycles. The van der Waals surface area contributed by atoms with Gasteiger partial charge < -0.3 is 24.5 Å². The van der Waals surface area contributed by atoms with Gasteiger partial charge in [-0.3, -0.25) is 4.79 Å². The maximum atomic E-state index is 12.6. The van der Waals surface area contributed by atoms with Crippen molar-refractivity contribution in [2.45, 2.75) is 82.5 Å². The van der Waals surface area contributed by atoms with E-state index in [1.54, 1.807) is 7.11 Å². The van der Waals surface area contributed by atoms with Gasteiger partial charge >= 0.3 is 5.97 Å². The fourth-order valence-corrected chi connectivity index (χ4v) is 8.63. The molecule has 4 fully saturated rings. The molecular weight excluding hydrogens is 396 g/mol. The summed E-state index contributed by atoms with van der Waals surface area (Å²) in [4.78, 5) is 24.2. The zero-order valence-corrected chi connectivity index (χ0v) is 18.7. The second-order valence-corrected chi connectivity index (χ2v) is 11.1. The first kappa shape index (κ1) is 21.6. The van der Waals surface area contributed by atoms with Gasteiger partial charge in [0.15, 0.2) is 0 Å². The number of fused-ring (bicyclic) bond motifs is 5. The van der Waals surface area contributed by atoms with Crippen molar-refractivity contribution in [1.29, 1.82) is 0 Å². The second-order valence-electron chi connectivity index (χ2n) is 11.1. The average Bonchev–Trinajstić information content (AvgIpc) is 3.04. The minimum atomic E-state index is -0.900. The Bertz CT molecular complexity index is 783. The number of methoxy groups -OCH3 is 1. The monoisotopic (exact) mass is 432 g/mol. The Kier molecular flexibility index (Phi) is 5.15. The summed E-state index contributed by atoms with van der Waals surface area (Å²) in [5.74, 6) is -0.0292. The van der Waals surface area contributed by atoms with Crippen LogP contribution in [0.1, 0.15) is 64.7 Å². The van der Waals surface area contributed by atoms with Crippen molar-refractivity contribution in [2.75, 3.05) is 13.7 Å². The zero-order chi connectivity index (χ0) is 22.0. The maximum Gasteiger partial charge on any atom is 0.305 e. The van der Waals surface area contributed by atoms with Crippen LogP contribution in [-0.4, -0.2) is 54.0 Å². The number of aliphatic hydroxyl groups is 2. The third-order valence-electron chi connectivity index (χ3n) is 10.1. The minimum Gasteiger partial charge on any atom is -0.465 e. The molecule has 6 nitrogen and oxygen atoms in total. The predicted molar refractivity (Wildman–Crippen MR) is 113 cm³/mol. The highest BCUT2D eigenvalue weighted by atomic mass is 16.5. The highest BCUT2D eigenvalue weighted by molar-refractivity contribution is 5.70. The highest BCUT2D eigenvalue weighted by Gasteiger charge is 2.70. The van der Waals surface area contributed by atoms with Crippen LogP contribution in [0.5, 0.6) is 0 Å². The van der Waals surface area contributed by atoms with Crippen LogP contribution in [0.15, 0.2) is 11.6 Å². The molecule has 9 atom stereocenters. The number of ether oxygens (including phenoxy) is 2. The molecule has 0 unspecified atom stereocenters. The number of aldehydes is 1. The second kappa shape index (κ2) is 7.39. The van der Waals surface area contributed by atoms with E-state index in [0.717, 1.165) is 44.0 Å². The van der Waals surface area contributed by atoms with Gasteiger partial charge in [-0.25, -0.2) is 0 Å². The van der Waals surface area contributed by atoms with Crippen LogP contribution in [-0.2, 0) is 19.1 Å².